The zero-order valence-electron chi connectivity index (χ0n) is 11.2. The van der Waals surface area contributed by atoms with Crippen molar-refractivity contribution in [1.29, 1.82) is 0 Å². The fourth-order valence-corrected chi connectivity index (χ4v) is 2.20. The molecule has 0 radical (unpaired) electrons. The Bertz CT molecular complexity index is 482. The van der Waals surface area contributed by atoms with Crippen molar-refractivity contribution >= 4 is 12.1 Å². The van der Waals surface area contributed by atoms with Crippen molar-refractivity contribution in [3.63, 3.8) is 0 Å². The van der Waals surface area contributed by atoms with Gasteiger partial charge in [0.25, 0.3) is 0 Å². The molecular formula is C14H17NO5. The second kappa shape index (κ2) is 5.92. The number of carboxylic acids is 1. The topological polar surface area (TPSA) is 84.9 Å². The van der Waals surface area contributed by atoms with Crippen molar-refractivity contribution in [2.45, 2.75) is 31.1 Å². The molecule has 0 heterocycles. The van der Waals surface area contributed by atoms with Gasteiger partial charge in [-0.2, -0.15) is 0 Å². The number of carboxylic acid groups (broad SMARTS) is 1. The Morgan fingerprint density at radius 3 is 2.55 bits per heavy atom. The summed E-state index contributed by atoms with van der Waals surface area (Å²) >= 11 is 0. The van der Waals surface area contributed by atoms with Crippen LogP contribution in [0.3, 0.4) is 0 Å². The molecule has 2 rings (SSSR count). The molecular weight excluding hydrogens is 262 g/mol. The minimum atomic E-state index is -1.17. The lowest BCUT2D eigenvalue weighted by Gasteiger charge is -2.42. The fraction of sp³-hybridized carbons (Fsp3) is 0.429. The van der Waals surface area contributed by atoms with E-state index in [-0.39, 0.29) is 25.5 Å². The molecule has 108 valence electrons. The van der Waals surface area contributed by atoms with E-state index in [1.165, 1.54) is 7.11 Å². The summed E-state index contributed by atoms with van der Waals surface area (Å²) in [6.07, 6.45) is -0.0487. The van der Waals surface area contributed by atoms with Gasteiger partial charge in [-0.25, -0.2) is 9.59 Å². The van der Waals surface area contributed by atoms with Crippen LogP contribution in [0.25, 0.3) is 0 Å². The maximum atomic E-state index is 11.6. The van der Waals surface area contributed by atoms with E-state index < -0.39 is 17.7 Å². The smallest absolute Gasteiger partial charge is 0.407 e. The highest BCUT2D eigenvalue weighted by atomic mass is 16.5. The highest BCUT2D eigenvalue weighted by Crippen LogP contribution is 2.35. The number of amides is 1. The third kappa shape index (κ3) is 3.08. The summed E-state index contributed by atoms with van der Waals surface area (Å²) in [5.74, 6) is -1.00. The minimum absolute atomic E-state index is 0.188. The predicted octanol–water partition coefficient (Wildman–Crippen LogP) is 1.54. The molecule has 2 N–H and O–H groups in total. The standard InChI is InChI=1S/C14H17NO5/c1-19-14(12(16)17)7-11(8-14)15-13(18)20-9-10-5-3-2-4-6-10/h2-6,11H,7-9H2,1H3,(H,15,18)(H,16,17). The van der Waals surface area contributed by atoms with Crippen LogP contribution in [-0.2, 0) is 20.9 Å². The molecule has 1 aromatic carbocycles. The molecule has 0 atom stereocenters. The second-order valence-electron chi connectivity index (χ2n) is 4.81. The molecule has 20 heavy (non-hydrogen) atoms. The second-order valence-corrected chi connectivity index (χ2v) is 4.81. The molecule has 0 unspecified atom stereocenters. The van der Waals surface area contributed by atoms with E-state index in [2.05, 4.69) is 5.32 Å². The van der Waals surface area contributed by atoms with Crippen LogP contribution in [0.4, 0.5) is 4.79 Å². The molecule has 1 aliphatic carbocycles. The number of ether oxygens (including phenoxy) is 2. The van der Waals surface area contributed by atoms with Gasteiger partial charge in [-0.3, -0.25) is 0 Å². The first-order valence-electron chi connectivity index (χ1n) is 6.31. The van der Waals surface area contributed by atoms with E-state index in [0.717, 1.165) is 5.56 Å². The lowest BCUT2D eigenvalue weighted by atomic mass is 9.75. The molecule has 6 heteroatoms. The SMILES string of the molecule is COC1(C(=O)O)CC(NC(=O)OCc2ccccc2)C1. The van der Waals surface area contributed by atoms with Crippen LogP contribution in [0.2, 0.25) is 0 Å². The summed E-state index contributed by atoms with van der Waals surface area (Å²) in [5, 5.41) is 11.6. The highest BCUT2D eigenvalue weighted by molar-refractivity contribution is 5.80. The summed E-state index contributed by atoms with van der Waals surface area (Å²) in [6, 6.07) is 9.10. The van der Waals surface area contributed by atoms with Gasteiger partial charge < -0.3 is 19.9 Å². The molecule has 1 amide bonds. The van der Waals surface area contributed by atoms with Gasteiger partial charge in [-0.15, -0.1) is 0 Å². The highest BCUT2D eigenvalue weighted by Gasteiger charge is 2.51. The monoisotopic (exact) mass is 279 g/mol. The van der Waals surface area contributed by atoms with Gasteiger partial charge in [0.15, 0.2) is 5.60 Å². The summed E-state index contributed by atoms with van der Waals surface area (Å²) in [5.41, 5.74) is -0.273. The molecule has 0 saturated heterocycles. The summed E-state index contributed by atoms with van der Waals surface area (Å²) in [6.45, 7) is 0.188. The van der Waals surface area contributed by atoms with Crippen molar-refractivity contribution in [2.24, 2.45) is 0 Å². The van der Waals surface area contributed by atoms with E-state index in [1.807, 2.05) is 30.3 Å². The molecule has 1 aromatic rings. The Kier molecular flexibility index (Phi) is 4.24. The van der Waals surface area contributed by atoms with E-state index in [0.29, 0.717) is 0 Å². The quantitative estimate of drug-likeness (QED) is 0.854. The van der Waals surface area contributed by atoms with Crippen molar-refractivity contribution in [3.05, 3.63) is 35.9 Å². The number of rotatable bonds is 5. The zero-order chi connectivity index (χ0) is 14.6. The lowest BCUT2D eigenvalue weighted by molar-refractivity contribution is -0.176. The van der Waals surface area contributed by atoms with Gasteiger partial charge in [0.05, 0.1) is 0 Å². The predicted molar refractivity (Wildman–Crippen MR) is 70.2 cm³/mol. The van der Waals surface area contributed by atoms with Gasteiger partial charge in [-0.05, 0) is 5.56 Å². The number of methoxy groups -OCH3 is 1. The Balaban J connectivity index is 1.73. The molecule has 0 aromatic heterocycles. The summed E-state index contributed by atoms with van der Waals surface area (Å²) < 4.78 is 10.0. The number of carbonyl (C=O) groups is 2. The van der Waals surface area contributed by atoms with Crippen LogP contribution in [0.15, 0.2) is 30.3 Å². The minimum Gasteiger partial charge on any atom is -0.479 e. The number of alkyl carbamates (subject to hydrolysis) is 1. The number of nitrogens with one attached hydrogen (secondary N) is 1. The number of hydrogen-bond donors (Lipinski definition) is 2. The Morgan fingerprint density at radius 2 is 2.00 bits per heavy atom. The molecule has 0 bridgehead atoms. The first-order chi connectivity index (χ1) is 9.55. The zero-order valence-corrected chi connectivity index (χ0v) is 11.2. The van der Waals surface area contributed by atoms with Crippen LogP contribution in [0.5, 0.6) is 0 Å². The number of benzene rings is 1. The number of carbonyl (C=O) groups excluding carboxylic acids is 1. The Labute approximate surface area is 116 Å². The van der Waals surface area contributed by atoms with Crippen molar-refractivity contribution < 1.29 is 24.2 Å². The Hall–Kier alpha value is -2.08. The lowest BCUT2D eigenvalue weighted by Crippen LogP contribution is -2.60. The largest absolute Gasteiger partial charge is 0.479 e. The van der Waals surface area contributed by atoms with E-state index in [9.17, 15) is 9.59 Å². The number of aliphatic carboxylic acids is 1. The average molecular weight is 279 g/mol. The maximum Gasteiger partial charge on any atom is 0.407 e. The third-order valence-electron chi connectivity index (χ3n) is 3.47. The third-order valence-corrected chi connectivity index (χ3v) is 3.47. The number of hydrogen-bond acceptors (Lipinski definition) is 4. The van der Waals surface area contributed by atoms with E-state index in [1.54, 1.807) is 0 Å². The normalized spacial score (nSPS) is 24.6. The molecule has 1 fully saturated rings. The molecule has 0 aliphatic heterocycles. The molecule has 1 saturated carbocycles. The van der Waals surface area contributed by atoms with Crippen LogP contribution in [0, 0.1) is 0 Å². The van der Waals surface area contributed by atoms with Crippen LogP contribution in [0.1, 0.15) is 18.4 Å². The first kappa shape index (κ1) is 14.3. The van der Waals surface area contributed by atoms with E-state index >= 15 is 0 Å². The summed E-state index contributed by atoms with van der Waals surface area (Å²) in [7, 11) is 1.36. The van der Waals surface area contributed by atoms with Crippen LogP contribution < -0.4 is 5.32 Å². The van der Waals surface area contributed by atoms with E-state index in [4.69, 9.17) is 14.6 Å². The fourth-order valence-electron chi connectivity index (χ4n) is 2.20. The average Bonchev–Trinajstić information content (AvgIpc) is 2.41. The van der Waals surface area contributed by atoms with Gasteiger partial charge in [0.2, 0.25) is 0 Å². The first-order valence-corrected chi connectivity index (χ1v) is 6.31. The maximum absolute atomic E-state index is 11.6. The van der Waals surface area contributed by atoms with Gasteiger partial charge in [0.1, 0.15) is 6.61 Å². The van der Waals surface area contributed by atoms with Gasteiger partial charge in [-0.1, -0.05) is 30.3 Å². The van der Waals surface area contributed by atoms with Crippen molar-refractivity contribution in [2.75, 3.05) is 7.11 Å². The van der Waals surface area contributed by atoms with Gasteiger partial charge in [0, 0.05) is 26.0 Å². The van der Waals surface area contributed by atoms with Crippen LogP contribution in [-0.4, -0.2) is 35.9 Å². The summed E-state index contributed by atoms with van der Waals surface area (Å²) in [4.78, 5) is 22.6. The molecule has 6 nitrogen and oxygen atoms in total. The van der Waals surface area contributed by atoms with Crippen LogP contribution >= 0.6 is 0 Å². The Morgan fingerprint density at radius 1 is 1.35 bits per heavy atom. The van der Waals surface area contributed by atoms with Gasteiger partial charge >= 0.3 is 12.1 Å². The van der Waals surface area contributed by atoms with Crippen molar-refractivity contribution in [3.8, 4) is 0 Å². The molecule has 1 aliphatic rings. The molecule has 0 spiro atoms. The van der Waals surface area contributed by atoms with Crippen molar-refractivity contribution in [1.82, 2.24) is 5.32 Å².